The van der Waals surface area contributed by atoms with Crippen molar-refractivity contribution in [1.29, 1.82) is 0 Å². The SMILES string of the molecule is Cc1nc(N2CCN(c3ccc(S(=O)(=O)N4CCCC4)cn3)CC2)sc1C. The van der Waals surface area contributed by atoms with Gasteiger partial charge in [0.2, 0.25) is 10.0 Å². The van der Waals surface area contributed by atoms with Crippen LogP contribution in [0.25, 0.3) is 0 Å². The Balaban J connectivity index is 1.41. The highest BCUT2D eigenvalue weighted by Crippen LogP contribution is 2.27. The molecular weight excluding hydrogens is 382 g/mol. The lowest BCUT2D eigenvalue weighted by Crippen LogP contribution is -2.46. The van der Waals surface area contributed by atoms with Crippen LogP contribution < -0.4 is 9.80 Å². The average molecular weight is 408 g/mol. The third-order valence-corrected chi connectivity index (χ3v) is 8.33. The maximum absolute atomic E-state index is 12.6. The summed E-state index contributed by atoms with van der Waals surface area (Å²) in [4.78, 5) is 15.2. The fourth-order valence-corrected chi connectivity index (χ4v) is 5.93. The van der Waals surface area contributed by atoms with Crippen molar-refractivity contribution in [3.8, 4) is 0 Å². The Morgan fingerprint density at radius 2 is 1.63 bits per heavy atom. The molecule has 2 aliphatic heterocycles. The normalized spacial score (nSPS) is 19.0. The zero-order chi connectivity index (χ0) is 19.0. The Labute approximate surface area is 164 Å². The molecule has 2 aliphatic rings. The molecule has 0 unspecified atom stereocenters. The third kappa shape index (κ3) is 3.68. The molecule has 0 saturated carbocycles. The maximum atomic E-state index is 12.6. The number of aromatic nitrogens is 2. The van der Waals surface area contributed by atoms with Gasteiger partial charge in [-0.15, -0.1) is 11.3 Å². The Morgan fingerprint density at radius 1 is 0.963 bits per heavy atom. The van der Waals surface area contributed by atoms with Gasteiger partial charge >= 0.3 is 0 Å². The van der Waals surface area contributed by atoms with Crippen LogP contribution in [-0.2, 0) is 10.0 Å². The number of nitrogens with zero attached hydrogens (tertiary/aromatic N) is 5. The highest BCUT2D eigenvalue weighted by Gasteiger charge is 2.28. The van der Waals surface area contributed by atoms with Gasteiger partial charge in [-0.1, -0.05) is 0 Å². The minimum absolute atomic E-state index is 0.292. The van der Waals surface area contributed by atoms with E-state index in [1.807, 2.05) is 13.0 Å². The van der Waals surface area contributed by atoms with Crippen LogP contribution in [-0.4, -0.2) is 62.0 Å². The minimum Gasteiger partial charge on any atom is -0.353 e. The van der Waals surface area contributed by atoms with Gasteiger partial charge in [-0.2, -0.15) is 4.31 Å². The summed E-state index contributed by atoms with van der Waals surface area (Å²) in [5.41, 5.74) is 1.11. The molecule has 0 spiro atoms. The van der Waals surface area contributed by atoms with Crippen LogP contribution in [0.2, 0.25) is 0 Å². The van der Waals surface area contributed by atoms with E-state index in [0.29, 0.717) is 18.0 Å². The summed E-state index contributed by atoms with van der Waals surface area (Å²) in [6, 6.07) is 3.52. The number of anilines is 2. The Bertz CT molecular complexity index is 877. The number of pyridine rings is 1. The molecule has 0 atom stereocenters. The highest BCUT2D eigenvalue weighted by atomic mass is 32.2. The minimum atomic E-state index is -3.40. The Kier molecular flexibility index (Phi) is 5.09. The van der Waals surface area contributed by atoms with Gasteiger partial charge in [0, 0.05) is 50.3 Å². The van der Waals surface area contributed by atoms with Gasteiger partial charge in [0.1, 0.15) is 10.7 Å². The number of rotatable bonds is 4. The Morgan fingerprint density at radius 3 is 2.19 bits per heavy atom. The van der Waals surface area contributed by atoms with E-state index >= 15 is 0 Å². The molecule has 0 bridgehead atoms. The van der Waals surface area contributed by atoms with E-state index in [1.54, 1.807) is 21.7 Å². The number of sulfonamides is 1. The van der Waals surface area contributed by atoms with E-state index in [4.69, 9.17) is 0 Å². The van der Waals surface area contributed by atoms with Crippen LogP contribution in [0.4, 0.5) is 10.9 Å². The molecule has 2 aromatic rings. The second-order valence-electron chi connectivity index (χ2n) is 7.08. The third-order valence-electron chi connectivity index (χ3n) is 5.31. The quantitative estimate of drug-likeness (QED) is 0.774. The number of hydrogen-bond acceptors (Lipinski definition) is 7. The summed E-state index contributed by atoms with van der Waals surface area (Å²) in [6.07, 6.45) is 3.38. The number of hydrogen-bond donors (Lipinski definition) is 0. The maximum Gasteiger partial charge on any atom is 0.244 e. The summed E-state index contributed by atoms with van der Waals surface area (Å²) in [7, 11) is -3.40. The lowest BCUT2D eigenvalue weighted by molar-refractivity contribution is 0.477. The van der Waals surface area contributed by atoms with E-state index < -0.39 is 10.0 Å². The van der Waals surface area contributed by atoms with Crippen LogP contribution in [0.15, 0.2) is 23.2 Å². The molecule has 0 aromatic carbocycles. The van der Waals surface area contributed by atoms with Crippen LogP contribution in [0.1, 0.15) is 23.4 Å². The van der Waals surface area contributed by atoms with Crippen molar-refractivity contribution in [2.24, 2.45) is 0 Å². The van der Waals surface area contributed by atoms with Gasteiger partial charge in [0.05, 0.1) is 5.69 Å². The second kappa shape index (κ2) is 7.37. The summed E-state index contributed by atoms with van der Waals surface area (Å²) in [5.74, 6) is 0.835. The van der Waals surface area contributed by atoms with Crippen LogP contribution in [0, 0.1) is 13.8 Å². The molecule has 0 N–H and O–H groups in total. The number of thiazole rings is 1. The van der Waals surface area contributed by atoms with Crippen LogP contribution >= 0.6 is 11.3 Å². The lowest BCUT2D eigenvalue weighted by atomic mass is 10.3. The van der Waals surface area contributed by atoms with E-state index in [2.05, 4.69) is 26.7 Å². The standard InChI is InChI=1S/C18H25N5O2S2/c1-14-15(2)26-18(20-14)22-11-9-21(10-12-22)17-6-5-16(13-19-17)27(24,25)23-7-3-4-8-23/h5-6,13H,3-4,7-12H2,1-2H3. The fraction of sp³-hybridized carbons (Fsp3) is 0.556. The van der Waals surface area contributed by atoms with Crippen LogP contribution in [0.3, 0.4) is 0 Å². The first-order valence-electron chi connectivity index (χ1n) is 9.35. The molecule has 146 valence electrons. The van der Waals surface area contributed by atoms with Gasteiger partial charge in [-0.3, -0.25) is 0 Å². The fourth-order valence-electron chi connectivity index (χ4n) is 3.51. The summed E-state index contributed by atoms with van der Waals surface area (Å²) in [6.45, 7) is 8.86. The van der Waals surface area contributed by atoms with Crippen molar-refractivity contribution in [2.45, 2.75) is 31.6 Å². The molecule has 2 saturated heterocycles. The highest BCUT2D eigenvalue weighted by molar-refractivity contribution is 7.89. The summed E-state index contributed by atoms with van der Waals surface area (Å²) >= 11 is 1.74. The van der Waals surface area contributed by atoms with Crippen molar-refractivity contribution >= 4 is 32.3 Å². The average Bonchev–Trinajstić information content (AvgIpc) is 3.33. The van der Waals surface area contributed by atoms with Gasteiger partial charge in [0.25, 0.3) is 0 Å². The van der Waals surface area contributed by atoms with E-state index in [-0.39, 0.29) is 0 Å². The predicted octanol–water partition coefficient (Wildman–Crippen LogP) is 2.27. The van der Waals surface area contributed by atoms with E-state index in [1.165, 1.54) is 11.1 Å². The van der Waals surface area contributed by atoms with E-state index in [0.717, 1.165) is 55.7 Å². The summed E-state index contributed by atoms with van der Waals surface area (Å²) < 4.78 is 26.8. The molecule has 9 heteroatoms. The van der Waals surface area contributed by atoms with Crippen LogP contribution in [0.5, 0.6) is 0 Å². The smallest absolute Gasteiger partial charge is 0.244 e. The molecule has 0 aliphatic carbocycles. The number of aryl methyl sites for hydroxylation is 2. The molecule has 2 aromatic heterocycles. The van der Waals surface area contributed by atoms with Gasteiger partial charge in [0.15, 0.2) is 5.13 Å². The molecule has 0 radical (unpaired) electrons. The first-order chi connectivity index (χ1) is 12.9. The molecule has 7 nitrogen and oxygen atoms in total. The predicted molar refractivity (Wildman–Crippen MR) is 108 cm³/mol. The zero-order valence-electron chi connectivity index (χ0n) is 15.8. The van der Waals surface area contributed by atoms with Gasteiger partial charge in [-0.25, -0.2) is 18.4 Å². The molecule has 4 rings (SSSR count). The first kappa shape index (κ1) is 18.6. The van der Waals surface area contributed by atoms with Crippen molar-refractivity contribution < 1.29 is 8.42 Å². The second-order valence-corrected chi connectivity index (χ2v) is 10.2. The monoisotopic (exact) mass is 407 g/mol. The van der Waals surface area contributed by atoms with Gasteiger partial charge < -0.3 is 9.80 Å². The molecule has 2 fully saturated rings. The molecule has 27 heavy (non-hydrogen) atoms. The first-order valence-corrected chi connectivity index (χ1v) is 11.6. The largest absolute Gasteiger partial charge is 0.353 e. The van der Waals surface area contributed by atoms with Crippen molar-refractivity contribution in [3.63, 3.8) is 0 Å². The lowest BCUT2D eigenvalue weighted by Gasteiger charge is -2.35. The molecular formula is C18H25N5O2S2. The van der Waals surface area contributed by atoms with Crippen molar-refractivity contribution in [2.75, 3.05) is 49.1 Å². The number of piperazine rings is 1. The summed E-state index contributed by atoms with van der Waals surface area (Å²) in [5, 5.41) is 1.09. The zero-order valence-corrected chi connectivity index (χ0v) is 17.4. The van der Waals surface area contributed by atoms with E-state index in [9.17, 15) is 8.42 Å². The van der Waals surface area contributed by atoms with Crippen molar-refractivity contribution in [1.82, 2.24) is 14.3 Å². The van der Waals surface area contributed by atoms with Gasteiger partial charge in [-0.05, 0) is 38.8 Å². The molecule has 0 amide bonds. The van der Waals surface area contributed by atoms with Crippen molar-refractivity contribution in [3.05, 3.63) is 28.9 Å². The Hall–Kier alpha value is -1.71. The topological polar surface area (TPSA) is 69.6 Å². The molecule has 4 heterocycles.